The molecule has 0 aliphatic rings. The average molecular weight is 302 g/mol. The second-order valence-electron chi connectivity index (χ2n) is 4.59. The van der Waals surface area contributed by atoms with Gasteiger partial charge in [0, 0.05) is 12.4 Å². The lowest BCUT2D eigenvalue weighted by molar-refractivity contribution is -0.389. The quantitative estimate of drug-likeness (QED) is 0.507. The molecule has 2 rings (SSSR count). The van der Waals surface area contributed by atoms with Crippen LogP contribution in [0.15, 0.2) is 35.7 Å². The molecule has 114 valence electrons. The fourth-order valence-corrected chi connectivity index (χ4v) is 1.70. The van der Waals surface area contributed by atoms with E-state index in [0.717, 1.165) is 0 Å². The SMILES string of the molecule is C/C(Cn1nc([N+](=O)[O-])cc1C)=N\NC(=O)c1cccnc1. The van der Waals surface area contributed by atoms with Gasteiger partial charge in [-0.15, -0.1) is 0 Å². The predicted molar refractivity (Wildman–Crippen MR) is 78.4 cm³/mol. The van der Waals surface area contributed by atoms with Crippen molar-refractivity contribution in [2.24, 2.45) is 5.10 Å². The van der Waals surface area contributed by atoms with Crippen LogP contribution in [0.25, 0.3) is 0 Å². The van der Waals surface area contributed by atoms with Crippen LogP contribution in [0, 0.1) is 17.0 Å². The van der Waals surface area contributed by atoms with Crippen molar-refractivity contribution < 1.29 is 9.72 Å². The van der Waals surface area contributed by atoms with E-state index in [1.807, 2.05) is 0 Å². The van der Waals surface area contributed by atoms with E-state index >= 15 is 0 Å². The fraction of sp³-hybridized carbons (Fsp3) is 0.231. The largest absolute Gasteiger partial charge is 0.390 e. The molecule has 1 N–H and O–H groups in total. The fourth-order valence-electron chi connectivity index (χ4n) is 1.70. The molecule has 0 radical (unpaired) electrons. The van der Waals surface area contributed by atoms with Crippen LogP contribution in [0.1, 0.15) is 23.0 Å². The summed E-state index contributed by atoms with van der Waals surface area (Å²) in [5.41, 5.74) is 3.99. The van der Waals surface area contributed by atoms with Crippen LogP contribution >= 0.6 is 0 Å². The van der Waals surface area contributed by atoms with Gasteiger partial charge in [0.25, 0.3) is 5.91 Å². The summed E-state index contributed by atoms with van der Waals surface area (Å²) < 4.78 is 1.45. The molecule has 0 aliphatic heterocycles. The second-order valence-corrected chi connectivity index (χ2v) is 4.59. The van der Waals surface area contributed by atoms with Gasteiger partial charge in [-0.1, -0.05) is 0 Å². The van der Waals surface area contributed by atoms with Crippen molar-refractivity contribution in [1.29, 1.82) is 0 Å². The van der Waals surface area contributed by atoms with Gasteiger partial charge < -0.3 is 10.1 Å². The smallest absolute Gasteiger partial charge is 0.358 e. The van der Waals surface area contributed by atoms with Crippen molar-refractivity contribution >= 4 is 17.4 Å². The summed E-state index contributed by atoms with van der Waals surface area (Å²) in [5.74, 6) is -0.597. The first-order valence-electron chi connectivity index (χ1n) is 6.39. The van der Waals surface area contributed by atoms with Crippen molar-refractivity contribution in [2.75, 3.05) is 0 Å². The molecular formula is C13H14N6O3. The summed E-state index contributed by atoms with van der Waals surface area (Å²) in [6, 6.07) is 4.65. The van der Waals surface area contributed by atoms with E-state index in [4.69, 9.17) is 0 Å². The number of pyridine rings is 1. The average Bonchev–Trinajstić information content (AvgIpc) is 2.87. The molecule has 0 saturated heterocycles. The Labute approximate surface area is 125 Å². The van der Waals surface area contributed by atoms with Gasteiger partial charge in [0.15, 0.2) is 0 Å². The molecule has 0 bridgehead atoms. The molecule has 0 atom stereocenters. The highest BCUT2D eigenvalue weighted by atomic mass is 16.6. The van der Waals surface area contributed by atoms with E-state index in [1.54, 1.807) is 32.2 Å². The van der Waals surface area contributed by atoms with E-state index < -0.39 is 4.92 Å². The van der Waals surface area contributed by atoms with Crippen LogP contribution in [-0.2, 0) is 6.54 Å². The number of carbonyl (C=O) groups excluding carboxylic acids is 1. The summed E-state index contributed by atoms with van der Waals surface area (Å²) in [4.78, 5) is 25.7. The highest BCUT2D eigenvalue weighted by Gasteiger charge is 2.15. The van der Waals surface area contributed by atoms with Gasteiger partial charge in [-0.3, -0.25) is 9.78 Å². The Bertz CT molecular complexity index is 723. The highest BCUT2D eigenvalue weighted by Crippen LogP contribution is 2.10. The summed E-state index contributed by atoms with van der Waals surface area (Å²) in [6.45, 7) is 3.64. The first-order chi connectivity index (χ1) is 10.5. The molecule has 2 aromatic heterocycles. The van der Waals surface area contributed by atoms with E-state index in [0.29, 0.717) is 17.0 Å². The Hall–Kier alpha value is -3.10. The molecule has 22 heavy (non-hydrogen) atoms. The van der Waals surface area contributed by atoms with Crippen molar-refractivity contribution in [3.63, 3.8) is 0 Å². The first-order valence-corrected chi connectivity index (χ1v) is 6.39. The van der Waals surface area contributed by atoms with Gasteiger partial charge in [0.1, 0.15) is 6.54 Å². The molecule has 0 unspecified atom stereocenters. The third kappa shape index (κ3) is 3.72. The van der Waals surface area contributed by atoms with Crippen LogP contribution < -0.4 is 5.43 Å². The molecule has 0 saturated carbocycles. The van der Waals surface area contributed by atoms with Crippen LogP contribution in [-0.4, -0.2) is 31.3 Å². The van der Waals surface area contributed by atoms with Gasteiger partial charge in [0.05, 0.1) is 28.1 Å². The predicted octanol–water partition coefficient (Wildman–Crippen LogP) is 1.30. The molecule has 0 spiro atoms. The number of nitrogens with zero attached hydrogens (tertiary/aromatic N) is 5. The van der Waals surface area contributed by atoms with Gasteiger partial charge in [0.2, 0.25) is 0 Å². The number of carbonyl (C=O) groups is 1. The maximum absolute atomic E-state index is 11.8. The Morgan fingerprint density at radius 2 is 2.32 bits per heavy atom. The van der Waals surface area contributed by atoms with E-state index in [1.165, 1.54) is 16.9 Å². The van der Waals surface area contributed by atoms with Crippen LogP contribution in [0.2, 0.25) is 0 Å². The zero-order valence-electron chi connectivity index (χ0n) is 12.1. The minimum absolute atomic E-state index is 0.218. The highest BCUT2D eigenvalue weighted by molar-refractivity contribution is 5.94. The van der Waals surface area contributed by atoms with Crippen LogP contribution in [0.4, 0.5) is 5.82 Å². The minimum Gasteiger partial charge on any atom is -0.358 e. The molecule has 0 aliphatic carbocycles. The molecule has 0 aromatic carbocycles. The first kappa shape index (κ1) is 15.3. The van der Waals surface area contributed by atoms with Gasteiger partial charge in [-0.05, 0) is 30.9 Å². The summed E-state index contributed by atoms with van der Waals surface area (Å²) in [6.07, 6.45) is 3.00. The Balaban J connectivity index is 2.01. The van der Waals surface area contributed by atoms with E-state index in [2.05, 4.69) is 20.6 Å². The summed E-state index contributed by atoms with van der Waals surface area (Å²) >= 11 is 0. The third-order valence-electron chi connectivity index (χ3n) is 2.81. The Kier molecular flexibility index (Phi) is 4.57. The topological polar surface area (TPSA) is 115 Å². The van der Waals surface area contributed by atoms with Crippen molar-refractivity contribution in [2.45, 2.75) is 20.4 Å². The molecular weight excluding hydrogens is 288 g/mol. The van der Waals surface area contributed by atoms with E-state index in [-0.39, 0.29) is 18.3 Å². The molecule has 9 nitrogen and oxygen atoms in total. The maximum Gasteiger partial charge on any atom is 0.390 e. The lowest BCUT2D eigenvalue weighted by Gasteiger charge is -2.02. The molecule has 2 aromatic rings. The Morgan fingerprint density at radius 1 is 1.55 bits per heavy atom. The number of nitrogens with one attached hydrogen (secondary N) is 1. The molecule has 2 heterocycles. The monoisotopic (exact) mass is 302 g/mol. The van der Waals surface area contributed by atoms with Crippen molar-refractivity contribution in [3.8, 4) is 0 Å². The normalized spacial score (nSPS) is 11.3. The van der Waals surface area contributed by atoms with Crippen LogP contribution in [0.5, 0.6) is 0 Å². The standard InChI is InChI=1S/C13H14N6O3/c1-9(8-18-10(2)6-12(17-18)19(21)22)15-16-13(20)11-4-3-5-14-7-11/h3-7H,8H2,1-2H3,(H,16,20)/b15-9+. The number of hydrazone groups is 1. The number of amides is 1. The minimum atomic E-state index is -0.555. The number of hydrogen-bond donors (Lipinski definition) is 1. The number of nitro groups is 1. The third-order valence-corrected chi connectivity index (χ3v) is 2.81. The number of hydrogen-bond acceptors (Lipinski definition) is 6. The van der Waals surface area contributed by atoms with Crippen molar-refractivity contribution in [1.82, 2.24) is 20.2 Å². The lowest BCUT2D eigenvalue weighted by atomic mass is 10.3. The zero-order valence-corrected chi connectivity index (χ0v) is 12.1. The zero-order chi connectivity index (χ0) is 16.1. The molecule has 9 heteroatoms. The molecule has 0 fully saturated rings. The number of rotatable bonds is 5. The number of aryl methyl sites for hydroxylation is 1. The molecule has 1 amide bonds. The lowest BCUT2D eigenvalue weighted by Crippen LogP contribution is -2.21. The maximum atomic E-state index is 11.8. The van der Waals surface area contributed by atoms with Crippen LogP contribution in [0.3, 0.4) is 0 Å². The van der Waals surface area contributed by atoms with E-state index in [9.17, 15) is 14.9 Å². The van der Waals surface area contributed by atoms with Gasteiger partial charge in [-0.25, -0.2) is 5.43 Å². The van der Waals surface area contributed by atoms with Gasteiger partial charge in [-0.2, -0.15) is 9.78 Å². The summed E-state index contributed by atoms with van der Waals surface area (Å²) in [7, 11) is 0. The van der Waals surface area contributed by atoms with Crippen molar-refractivity contribution in [3.05, 3.63) is 52.0 Å². The second kappa shape index (κ2) is 6.57. The van der Waals surface area contributed by atoms with Gasteiger partial charge >= 0.3 is 5.82 Å². The Morgan fingerprint density at radius 3 is 2.91 bits per heavy atom. The summed E-state index contributed by atoms with van der Waals surface area (Å²) in [5, 5.41) is 18.5. The number of aromatic nitrogens is 3.